The van der Waals surface area contributed by atoms with Gasteiger partial charge in [-0.1, -0.05) is 0 Å². The number of hydrogen-bond donors (Lipinski definition) is 1. The van der Waals surface area contributed by atoms with Gasteiger partial charge in [-0.3, -0.25) is 4.79 Å². The van der Waals surface area contributed by atoms with Crippen molar-refractivity contribution in [1.82, 2.24) is 5.32 Å². The quantitative estimate of drug-likeness (QED) is 0.877. The highest BCUT2D eigenvalue weighted by Gasteiger charge is 2.17. The molecule has 1 amide bonds. The predicted octanol–water partition coefficient (Wildman–Crippen LogP) is 1.06. The van der Waals surface area contributed by atoms with Gasteiger partial charge < -0.3 is 9.73 Å². The lowest BCUT2D eigenvalue weighted by atomic mass is 10.2. The monoisotopic (exact) mass is 259 g/mol. The van der Waals surface area contributed by atoms with E-state index in [9.17, 15) is 13.2 Å². The molecule has 0 spiro atoms. The van der Waals surface area contributed by atoms with Crippen molar-refractivity contribution in [3.8, 4) is 0 Å². The topological polar surface area (TPSA) is 76.4 Å². The number of sulfone groups is 1. The Labute approximate surface area is 101 Å². The van der Waals surface area contributed by atoms with Crippen LogP contribution in [0.5, 0.6) is 0 Å². The van der Waals surface area contributed by atoms with Crippen molar-refractivity contribution in [3.05, 3.63) is 23.2 Å². The number of furan rings is 1. The first-order chi connectivity index (χ1) is 7.69. The molecule has 1 heterocycles. The van der Waals surface area contributed by atoms with Crippen LogP contribution in [-0.2, 0) is 9.84 Å². The van der Waals surface area contributed by atoms with E-state index >= 15 is 0 Å². The Morgan fingerprint density at radius 3 is 2.47 bits per heavy atom. The summed E-state index contributed by atoms with van der Waals surface area (Å²) >= 11 is 0. The zero-order valence-electron chi connectivity index (χ0n) is 10.4. The van der Waals surface area contributed by atoms with Crippen molar-refractivity contribution in [2.24, 2.45) is 0 Å². The molecule has 0 aromatic carbocycles. The summed E-state index contributed by atoms with van der Waals surface area (Å²) in [6, 6.07) is 1.21. The van der Waals surface area contributed by atoms with Crippen LogP contribution in [0.3, 0.4) is 0 Å². The van der Waals surface area contributed by atoms with Gasteiger partial charge in [-0.05, 0) is 26.8 Å². The summed E-state index contributed by atoms with van der Waals surface area (Å²) in [5, 5.41) is 2.63. The number of rotatable bonds is 4. The van der Waals surface area contributed by atoms with Crippen LogP contribution in [0.4, 0.5) is 0 Å². The lowest BCUT2D eigenvalue weighted by Gasteiger charge is -2.11. The minimum Gasteiger partial charge on any atom is -0.466 e. The zero-order valence-corrected chi connectivity index (χ0v) is 11.2. The molecule has 1 aromatic heterocycles. The maximum atomic E-state index is 11.8. The Hall–Kier alpha value is -1.30. The second-order valence-corrected chi connectivity index (χ2v) is 6.48. The zero-order chi connectivity index (χ0) is 13.2. The molecule has 0 saturated heterocycles. The molecule has 1 unspecified atom stereocenters. The molecule has 1 rings (SSSR count). The van der Waals surface area contributed by atoms with E-state index in [2.05, 4.69) is 5.32 Å². The van der Waals surface area contributed by atoms with Gasteiger partial charge in [-0.15, -0.1) is 0 Å². The molecule has 0 saturated carbocycles. The molecule has 0 aliphatic heterocycles. The van der Waals surface area contributed by atoms with Crippen molar-refractivity contribution >= 4 is 15.7 Å². The van der Waals surface area contributed by atoms with Gasteiger partial charge in [0.05, 0.1) is 11.3 Å². The third-order valence-corrected chi connectivity index (χ3v) is 3.32. The van der Waals surface area contributed by atoms with Crippen LogP contribution in [0, 0.1) is 13.8 Å². The standard InChI is InChI=1S/C11H17NO4S/c1-7(6-17(4,14)15)12-11(13)10-5-8(2)16-9(10)3/h5,7H,6H2,1-4H3,(H,12,13). The van der Waals surface area contributed by atoms with Crippen molar-refractivity contribution in [2.75, 3.05) is 12.0 Å². The van der Waals surface area contributed by atoms with Crippen LogP contribution in [0.1, 0.15) is 28.8 Å². The maximum Gasteiger partial charge on any atom is 0.255 e. The molecule has 0 radical (unpaired) electrons. The molecule has 0 aliphatic rings. The van der Waals surface area contributed by atoms with Crippen molar-refractivity contribution in [3.63, 3.8) is 0 Å². The van der Waals surface area contributed by atoms with E-state index in [4.69, 9.17) is 4.42 Å². The average Bonchev–Trinajstić information content (AvgIpc) is 2.41. The molecule has 1 aromatic rings. The third-order valence-electron chi connectivity index (χ3n) is 2.22. The van der Waals surface area contributed by atoms with Crippen LogP contribution >= 0.6 is 0 Å². The summed E-state index contributed by atoms with van der Waals surface area (Å²) in [4.78, 5) is 11.8. The molecular formula is C11H17NO4S. The minimum atomic E-state index is -3.09. The SMILES string of the molecule is Cc1cc(C(=O)NC(C)CS(C)(=O)=O)c(C)o1. The largest absolute Gasteiger partial charge is 0.466 e. The lowest BCUT2D eigenvalue weighted by molar-refractivity contribution is 0.0942. The number of nitrogens with one attached hydrogen (secondary N) is 1. The van der Waals surface area contributed by atoms with E-state index < -0.39 is 15.9 Å². The van der Waals surface area contributed by atoms with E-state index in [-0.39, 0.29) is 11.7 Å². The molecular weight excluding hydrogens is 242 g/mol. The first kappa shape index (κ1) is 13.8. The van der Waals surface area contributed by atoms with Gasteiger partial charge >= 0.3 is 0 Å². The van der Waals surface area contributed by atoms with Gasteiger partial charge in [-0.25, -0.2) is 8.42 Å². The van der Waals surface area contributed by atoms with Gasteiger partial charge in [0.15, 0.2) is 0 Å². The number of hydrogen-bond acceptors (Lipinski definition) is 4. The number of aryl methyl sites for hydroxylation is 2. The molecule has 0 aliphatic carbocycles. The molecule has 1 N–H and O–H groups in total. The summed E-state index contributed by atoms with van der Waals surface area (Å²) < 4.78 is 27.4. The van der Waals surface area contributed by atoms with E-state index in [0.29, 0.717) is 17.1 Å². The Bertz CT molecular complexity index is 516. The van der Waals surface area contributed by atoms with Crippen LogP contribution in [0.25, 0.3) is 0 Å². The van der Waals surface area contributed by atoms with Gasteiger partial charge in [-0.2, -0.15) is 0 Å². The molecule has 1 atom stereocenters. The highest BCUT2D eigenvalue weighted by molar-refractivity contribution is 7.90. The molecule has 0 bridgehead atoms. The highest BCUT2D eigenvalue weighted by atomic mass is 32.2. The van der Waals surface area contributed by atoms with Crippen molar-refractivity contribution < 1.29 is 17.6 Å². The first-order valence-corrected chi connectivity index (χ1v) is 7.30. The van der Waals surface area contributed by atoms with Gasteiger partial charge in [0.1, 0.15) is 21.4 Å². The Morgan fingerprint density at radius 1 is 1.47 bits per heavy atom. The fraction of sp³-hybridized carbons (Fsp3) is 0.545. The summed E-state index contributed by atoms with van der Waals surface area (Å²) in [6.07, 6.45) is 1.14. The molecule has 96 valence electrons. The fourth-order valence-electron chi connectivity index (χ4n) is 1.65. The molecule has 0 fully saturated rings. The Morgan fingerprint density at radius 2 is 2.06 bits per heavy atom. The summed E-state index contributed by atoms with van der Waals surface area (Å²) in [6.45, 7) is 5.11. The number of carbonyl (C=O) groups excluding carboxylic acids is 1. The fourth-order valence-corrected chi connectivity index (χ4v) is 2.65. The second-order valence-electron chi connectivity index (χ2n) is 4.29. The van der Waals surface area contributed by atoms with E-state index in [1.807, 2.05) is 0 Å². The summed E-state index contributed by atoms with van der Waals surface area (Å²) in [5.74, 6) is 0.805. The molecule has 6 heteroatoms. The van der Waals surface area contributed by atoms with E-state index in [0.717, 1.165) is 6.26 Å². The lowest BCUT2D eigenvalue weighted by Crippen LogP contribution is -2.37. The van der Waals surface area contributed by atoms with Crippen molar-refractivity contribution in [2.45, 2.75) is 26.8 Å². The second kappa shape index (κ2) is 4.91. The molecule has 17 heavy (non-hydrogen) atoms. The Balaban J connectivity index is 2.70. The number of amides is 1. The van der Waals surface area contributed by atoms with Gasteiger partial charge in [0, 0.05) is 12.3 Å². The maximum absolute atomic E-state index is 11.8. The van der Waals surface area contributed by atoms with Crippen LogP contribution in [-0.4, -0.2) is 32.4 Å². The van der Waals surface area contributed by atoms with E-state index in [1.165, 1.54) is 0 Å². The Kier molecular flexibility index (Phi) is 3.98. The smallest absolute Gasteiger partial charge is 0.255 e. The predicted molar refractivity (Wildman–Crippen MR) is 64.8 cm³/mol. The number of carbonyl (C=O) groups is 1. The molecule has 5 nitrogen and oxygen atoms in total. The normalized spacial score (nSPS) is 13.4. The van der Waals surface area contributed by atoms with Crippen LogP contribution < -0.4 is 5.32 Å². The highest BCUT2D eigenvalue weighted by Crippen LogP contribution is 2.13. The minimum absolute atomic E-state index is 0.0748. The van der Waals surface area contributed by atoms with E-state index in [1.54, 1.807) is 26.8 Å². The van der Waals surface area contributed by atoms with Crippen molar-refractivity contribution in [1.29, 1.82) is 0 Å². The van der Waals surface area contributed by atoms with Gasteiger partial charge in [0.25, 0.3) is 5.91 Å². The van der Waals surface area contributed by atoms with Gasteiger partial charge in [0.2, 0.25) is 0 Å². The summed E-state index contributed by atoms with van der Waals surface area (Å²) in [5.41, 5.74) is 0.447. The van der Waals surface area contributed by atoms with Crippen LogP contribution in [0.15, 0.2) is 10.5 Å². The first-order valence-electron chi connectivity index (χ1n) is 5.24. The third kappa shape index (κ3) is 4.22. The van der Waals surface area contributed by atoms with Crippen LogP contribution in [0.2, 0.25) is 0 Å². The average molecular weight is 259 g/mol. The summed E-state index contributed by atoms with van der Waals surface area (Å²) in [7, 11) is -3.09.